The van der Waals surface area contributed by atoms with Crippen LogP contribution in [0.15, 0.2) is 18.2 Å². The van der Waals surface area contributed by atoms with Gasteiger partial charge in [0.15, 0.2) is 0 Å². The zero-order valence-electron chi connectivity index (χ0n) is 10.2. The van der Waals surface area contributed by atoms with Crippen molar-refractivity contribution in [2.75, 3.05) is 0 Å². The Balaban J connectivity index is 2.37. The highest BCUT2D eigenvalue weighted by molar-refractivity contribution is 5.41. The van der Waals surface area contributed by atoms with Crippen LogP contribution in [-0.2, 0) is 12.8 Å². The fraction of sp³-hybridized carbons (Fsp3) is 0.600. The highest BCUT2D eigenvalue weighted by atomic mass is 14.3. The molecule has 0 saturated carbocycles. The smallest absolute Gasteiger partial charge is 0.0164 e. The van der Waals surface area contributed by atoms with Gasteiger partial charge in [-0.3, -0.25) is 0 Å². The molecule has 0 spiro atoms. The van der Waals surface area contributed by atoms with Gasteiger partial charge in [-0.1, -0.05) is 39.0 Å². The molecule has 0 nitrogen and oxygen atoms in total. The van der Waals surface area contributed by atoms with Gasteiger partial charge in [-0.2, -0.15) is 0 Å². The molecule has 0 aliphatic heterocycles. The van der Waals surface area contributed by atoms with Crippen LogP contribution in [0.2, 0.25) is 0 Å². The van der Waals surface area contributed by atoms with Crippen LogP contribution in [0.5, 0.6) is 0 Å². The molecular weight excluding hydrogens is 180 g/mol. The molecule has 82 valence electrons. The normalized spacial score (nSPS) is 19.6. The van der Waals surface area contributed by atoms with Crippen LogP contribution in [0.25, 0.3) is 0 Å². The Morgan fingerprint density at radius 2 is 1.93 bits per heavy atom. The molecule has 15 heavy (non-hydrogen) atoms. The summed E-state index contributed by atoms with van der Waals surface area (Å²) in [6.07, 6.45) is 5.16. The van der Waals surface area contributed by atoms with Crippen molar-refractivity contribution in [1.82, 2.24) is 0 Å². The predicted octanol–water partition coefficient (Wildman–Crippen LogP) is 4.32. The second kappa shape index (κ2) is 4.38. The Morgan fingerprint density at radius 3 is 2.60 bits per heavy atom. The minimum atomic E-state index is 0.783. The summed E-state index contributed by atoms with van der Waals surface area (Å²) in [5.74, 6) is 1.64. The first-order valence-corrected chi connectivity index (χ1v) is 6.36. The van der Waals surface area contributed by atoms with E-state index in [1.54, 1.807) is 16.7 Å². The Bertz CT molecular complexity index is 334. The number of rotatable bonds is 3. The molecule has 0 saturated heterocycles. The van der Waals surface area contributed by atoms with E-state index < -0.39 is 0 Å². The van der Waals surface area contributed by atoms with Gasteiger partial charge in [0.2, 0.25) is 0 Å². The maximum absolute atomic E-state index is 2.37. The van der Waals surface area contributed by atoms with Gasteiger partial charge in [0, 0.05) is 0 Å². The summed E-state index contributed by atoms with van der Waals surface area (Å²) >= 11 is 0. The van der Waals surface area contributed by atoms with E-state index in [9.17, 15) is 0 Å². The Morgan fingerprint density at radius 1 is 1.20 bits per heavy atom. The first kappa shape index (κ1) is 10.7. The van der Waals surface area contributed by atoms with E-state index in [0.29, 0.717) is 0 Å². The molecule has 1 aliphatic rings. The van der Waals surface area contributed by atoms with Crippen LogP contribution in [0.1, 0.15) is 56.2 Å². The molecule has 0 radical (unpaired) electrons. The van der Waals surface area contributed by atoms with E-state index >= 15 is 0 Å². The summed E-state index contributed by atoms with van der Waals surface area (Å²) in [5.41, 5.74) is 4.94. The first-order valence-electron chi connectivity index (χ1n) is 6.36. The zero-order chi connectivity index (χ0) is 10.8. The molecule has 0 bridgehead atoms. The number of benzene rings is 1. The standard InChI is InChI=1S/C15H22/c1-4-12(5-2)14-8-6-7-13-9-11(3)10-15(13)14/h6-8,11-12H,4-5,9-10H2,1-3H3. The first-order chi connectivity index (χ1) is 7.26. The highest BCUT2D eigenvalue weighted by Crippen LogP contribution is 2.35. The fourth-order valence-electron chi connectivity index (χ4n) is 3.00. The maximum Gasteiger partial charge on any atom is -0.0164 e. The van der Waals surface area contributed by atoms with Gasteiger partial charge < -0.3 is 0 Å². The Hall–Kier alpha value is -0.780. The molecule has 0 N–H and O–H groups in total. The molecule has 0 heterocycles. The minimum Gasteiger partial charge on any atom is -0.0648 e. The van der Waals surface area contributed by atoms with Gasteiger partial charge in [-0.15, -0.1) is 0 Å². The van der Waals surface area contributed by atoms with Crippen LogP contribution >= 0.6 is 0 Å². The highest BCUT2D eigenvalue weighted by Gasteiger charge is 2.22. The number of hydrogen-bond donors (Lipinski definition) is 0. The molecule has 1 atom stereocenters. The average molecular weight is 202 g/mol. The number of hydrogen-bond acceptors (Lipinski definition) is 0. The van der Waals surface area contributed by atoms with E-state index in [-0.39, 0.29) is 0 Å². The quantitative estimate of drug-likeness (QED) is 0.684. The molecule has 1 unspecified atom stereocenters. The van der Waals surface area contributed by atoms with E-state index in [4.69, 9.17) is 0 Å². The molecular formula is C15H22. The molecule has 2 rings (SSSR count). The van der Waals surface area contributed by atoms with E-state index in [1.165, 1.54) is 25.7 Å². The maximum atomic E-state index is 2.37. The van der Waals surface area contributed by atoms with Crippen molar-refractivity contribution >= 4 is 0 Å². The zero-order valence-corrected chi connectivity index (χ0v) is 10.2. The lowest BCUT2D eigenvalue weighted by molar-refractivity contribution is 0.610. The summed E-state index contributed by atoms with van der Waals surface area (Å²) in [6.45, 7) is 6.99. The third kappa shape index (κ3) is 1.95. The van der Waals surface area contributed by atoms with E-state index in [0.717, 1.165) is 11.8 Å². The van der Waals surface area contributed by atoms with Gasteiger partial charge in [0.25, 0.3) is 0 Å². The van der Waals surface area contributed by atoms with Crippen molar-refractivity contribution < 1.29 is 0 Å². The van der Waals surface area contributed by atoms with Crippen LogP contribution in [0.3, 0.4) is 0 Å². The third-order valence-electron chi connectivity index (χ3n) is 3.86. The molecule has 1 aromatic rings. The van der Waals surface area contributed by atoms with E-state index in [1.807, 2.05) is 0 Å². The lowest BCUT2D eigenvalue weighted by atomic mass is 9.88. The van der Waals surface area contributed by atoms with Crippen molar-refractivity contribution in [3.8, 4) is 0 Å². The molecule has 0 heteroatoms. The fourth-order valence-corrected chi connectivity index (χ4v) is 3.00. The third-order valence-corrected chi connectivity index (χ3v) is 3.86. The molecule has 0 fully saturated rings. The van der Waals surface area contributed by atoms with Gasteiger partial charge in [0.05, 0.1) is 0 Å². The molecule has 1 aromatic carbocycles. The second-order valence-corrected chi connectivity index (χ2v) is 5.01. The largest absolute Gasteiger partial charge is 0.0648 e. The average Bonchev–Trinajstić information content (AvgIpc) is 2.61. The summed E-state index contributed by atoms with van der Waals surface area (Å²) in [7, 11) is 0. The SMILES string of the molecule is CCC(CC)c1cccc2c1CC(C)C2. The van der Waals surface area contributed by atoms with Crippen LogP contribution in [0, 0.1) is 5.92 Å². The molecule has 1 aliphatic carbocycles. The molecule has 0 aromatic heterocycles. The van der Waals surface area contributed by atoms with Crippen molar-refractivity contribution in [1.29, 1.82) is 0 Å². The lowest BCUT2D eigenvalue weighted by Crippen LogP contribution is -2.01. The summed E-state index contributed by atoms with van der Waals surface area (Å²) in [4.78, 5) is 0. The van der Waals surface area contributed by atoms with Crippen molar-refractivity contribution in [2.24, 2.45) is 5.92 Å². The summed E-state index contributed by atoms with van der Waals surface area (Å²) in [6, 6.07) is 6.93. The van der Waals surface area contributed by atoms with E-state index in [2.05, 4.69) is 39.0 Å². The Labute approximate surface area is 93.7 Å². The lowest BCUT2D eigenvalue weighted by Gasteiger charge is -2.17. The minimum absolute atomic E-state index is 0.783. The van der Waals surface area contributed by atoms with Crippen LogP contribution in [-0.4, -0.2) is 0 Å². The number of fused-ring (bicyclic) bond motifs is 1. The monoisotopic (exact) mass is 202 g/mol. The van der Waals surface area contributed by atoms with Crippen LogP contribution in [0.4, 0.5) is 0 Å². The van der Waals surface area contributed by atoms with Crippen molar-refractivity contribution in [2.45, 2.75) is 52.4 Å². The predicted molar refractivity (Wildman–Crippen MR) is 66.3 cm³/mol. The van der Waals surface area contributed by atoms with Gasteiger partial charge in [-0.05, 0) is 54.2 Å². The van der Waals surface area contributed by atoms with Crippen molar-refractivity contribution in [3.63, 3.8) is 0 Å². The van der Waals surface area contributed by atoms with Gasteiger partial charge >= 0.3 is 0 Å². The van der Waals surface area contributed by atoms with Crippen LogP contribution < -0.4 is 0 Å². The second-order valence-electron chi connectivity index (χ2n) is 5.01. The van der Waals surface area contributed by atoms with Gasteiger partial charge in [0.1, 0.15) is 0 Å². The van der Waals surface area contributed by atoms with Gasteiger partial charge in [-0.25, -0.2) is 0 Å². The van der Waals surface area contributed by atoms with Crippen molar-refractivity contribution in [3.05, 3.63) is 34.9 Å². The summed E-state index contributed by atoms with van der Waals surface area (Å²) in [5, 5.41) is 0. The Kier molecular flexibility index (Phi) is 3.14. The summed E-state index contributed by atoms with van der Waals surface area (Å²) < 4.78 is 0. The molecule has 0 amide bonds. The topological polar surface area (TPSA) is 0 Å².